The molecule has 1 aromatic heterocycles. The van der Waals surface area contributed by atoms with Gasteiger partial charge in [-0.3, -0.25) is 4.79 Å². The average Bonchev–Trinajstić information content (AvgIpc) is 3.36. The van der Waals surface area contributed by atoms with Crippen molar-refractivity contribution in [1.29, 1.82) is 0 Å². The molecule has 2 heterocycles. The van der Waals surface area contributed by atoms with Crippen LogP contribution in [0.25, 0.3) is 0 Å². The fraction of sp³-hybridized carbons (Fsp3) is 0.450. The van der Waals surface area contributed by atoms with Gasteiger partial charge in [-0.15, -0.1) is 11.3 Å². The van der Waals surface area contributed by atoms with Crippen LogP contribution in [0.4, 0.5) is 5.69 Å². The molecule has 1 aromatic carbocycles. The number of carbonyl (C=O) groups excluding carboxylic acids is 1. The summed E-state index contributed by atoms with van der Waals surface area (Å²) in [6.07, 6.45) is 2.02. The Labute approximate surface area is 171 Å². The summed E-state index contributed by atoms with van der Waals surface area (Å²) >= 11 is 1.69. The van der Waals surface area contributed by atoms with Crippen LogP contribution in [0, 0.1) is 0 Å². The molecule has 1 amide bonds. The molecule has 1 fully saturated rings. The third-order valence-electron chi connectivity index (χ3n) is 5.15. The number of anilines is 1. The highest BCUT2D eigenvalue weighted by molar-refractivity contribution is 7.89. The van der Waals surface area contributed by atoms with Gasteiger partial charge in [-0.2, -0.15) is 4.31 Å². The van der Waals surface area contributed by atoms with Gasteiger partial charge in [0.15, 0.2) is 0 Å². The van der Waals surface area contributed by atoms with Gasteiger partial charge in [0.2, 0.25) is 15.9 Å². The number of amides is 1. The fourth-order valence-electron chi connectivity index (χ4n) is 3.31. The lowest BCUT2D eigenvalue weighted by atomic mass is 10.2. The first kappa shape index (κ1) is 20.8. The van der Waals surface area contributed by atoms with E-state index in [9.17, 15) is 13.2 Å². The highest BCUT2D eigenvalue weighted by Crippen LogP contribution is 2.34. The lowest BCUT2D eigenvalue weighted by Crippen LogP contribution is -2.34. The van der Waals surface area contributed by atoms with Crippen molar-refractivity contribution in [3.63, 3.8) is 0 Å². The van der Waals surface area contributed by atoms with Gasteiger partial charge in [-0.1, -0.05) is 6.07 Å². The second kappa shape index (κ2) is 8.63. The summed E-state index contributed by atoms with van der Waals surface area (Å²) in [6.45, 7) is 4.64. The second-order valence-corrected chi connectivity index (χ2v) is 10.2. The Morgan fingerprint density at radius 1 is 1.29 bits per heavy atom. The van der Waals surface area contributed by atoms with Crippen LogP contribution >= 0.6 is 11.3 Å². The number of benzene rings is 1. The molecule has 1 saturated heterocycles. The van der Waals surface area contributed by atoms with E-state index in [4.69, 9.17) is 0 Å². The number of carbonyl (C=O) groups is 1. The van der Waals surface area contributed by atoms with E-state index in [1.54, 1.807) is 42.6 Å². The van der Waals surface area contributed by atoms with E-state index in [-0.39, 0.29) is 29.4 Å². The Bertz CT molecular complexity index is 893. The second-order valence-electron chi connectivity index (χ2n) is 7.25. The third-order valence-corrected chi connectivity index (χ3v) is 8.17. The van der Waals surface area contributed by atoms with E-state index in [0.717, 1.165) is 25.1 Å². The van der Waals surface area contributed by atoms with Crippen LogP contribution in [0.15, 0.2) is 46.7 Å². The minimum Gasteiger partial charge on any atom is -0.376 e. The largest absolute Gasteiger partial charge is 0.376 e. The van der Waals surface area contributed by atoms with Crippen molar-refractivity contribution < 1.29 is 13.2 Å². The topological polar surface area (TPSA) is 69.7 Å². The summed E-state index contributed by atoms with van der Waals surface area (Å²) in [4.78, 5) is 16.1. The van der Waals surface area contributed by atoms with Crippen LogP contribution in [0.5, 0.6) is 0 Å². The number of hydrogen-bond donors (Lipinski definition) is 1. The maximum absolute atomic E-state index is 12.7. The van der Waals surface area contributed by atoms with E-state index >= 15 is 0 Å². The van der Waals surface area contributed by atoms with Gasteiger partial charge in [-0.05, 0) is 62.4 Å². The summed E-state index contributed by atoms with van der Waals surface area (Å²) in [5, 5.41) is 5.16. The van der Waals surface area contributed by atoms with Crippen molar-refractivity contribution in [3.05, 3.63) is 46.7 Å². The smallest absolute Gasteiger partial charge is 0.243 e. The molecule has 1 N–H and O–H groups in total. The summed E-state index contributed by atoms with van der Waals surface area (Å²) in [5.41, 5.74) is 0.728. The maximum atomic E-state index is 12.7. The monoisotopic (exact) mass is 421 g/mol. The molecule has 6 nitrogen and oxygen atoms in total. The Kier molecular flexibility index (Phi) is 6.42. The molecule has 152 valence electrons. The van der Waals surface area contributed by atoms with Crippen molar-refractivity contribution >= 4 is 33.0 Å². The first-order chi connectivity index (χ1) is 13.3. The molecule has 2 aromatic rings. The number of nitrogens with one attached hydrogen (secondary N) is 1. The molecule has 3 rings (SSSR count). The lowest BCUT2D eigenvalue weighted by Gasteiger charge is -2.24. The van der Waals surface area contributed by atoms with Crippen LogP contribution < -0.4 is 5.32 Å². The Morgan fingerprint density at radius 2 is 2.00 bits per heavy atom. The minimum absolute atomic E-state index is 0.0622. The number of rotatable bonds is 7. The molecule has 1 atom stereocenters. The van der Waals surface area contributed by atoms with Gasteiger partial charge in [-0.25, -0.2) is 8.42 Å². The zero-order chi connectivity index (χ0) is 20.3. The highest BCUT2D eigenvalue weighted by Gasteiger charge is 2.30. The Hall–Kier alpha value is -1.90. The molecular weight excluding hydrogens is 394 g/mol. The minimum atomic E-state index is -3.50. The van der Waals surface area contributed by atoms with Crippen molar-refractivity contribution in [2.24, 2.45) is 0 Å². The zero-order valence-electron chi connectivity index (χ0n) is 16.5. The SMILES string of the molecule is CC(C)N(C)S(=O)(=O)c1ccc(NCC(=O)N2CCCC2c2cccs2)cc1. The van der Waals surface area contributed by atoms with Gasteiger partial charge in [0.05, 0.1) is 17.5 Å². The van der Waals surface area contributed by atoms with Crippen molar-refractivity contribution in [2.75, 3.05) is 25.5 Å². The number of sulfonamides is 1. The molecule has 0 radical (unpaired) electrons. The predicted octanol–water partition coefficient (Wildman–Crippen LogP) is 3.55. The van der Waals surface area contributed by atoms with Crippen molar-refractivity contribution in [1.82, 2.24) is 9.21 Å². The Balaban J connectivity index is 1.61. The summed E-state index contributed by atoms with van der Waals surface area (Å²) in [6, 6.07) is 10.7. The zero-order valence-corrected chi connectivity index (χ0v) is 18.1. The first-order valence-corrected chi connectivity index (χ1v) is 11.8. The number of thiophene rings is 1. The van der Waals surface area contributed by atoms with Crippen LogP contribution in [0.2, 0.25) is 0 Å². The molecular formula is C20H27N3O3S2. The molecule has 8 heteroatoms. The maximum Gasteiger partial charge on any atom is 0.243 e. The van der Waals surface area contributed by atoms with Gasteiger partial charge >= 0.3 is 0 Å². The van der Waals surface area contributed by atoms with Crippen LogP contribution in [0.3, 0.4) is 0 Å². The van der Waals surface area contributed by atoms with E-state index in [1.165, 1.54) is 9.18 Å². The molecule has 1 unspecified atom stereocenters. The van der Waals surface area contributed by atoms with Gasteiger partial charge in [0.25, 0.3) is 0 Å². The molecule has 28 heavy (non-hydrogen) atoms. The molecule has 0 saturated carbocycles. The molecule has 1 aliphatic rings. The van der Waals surface area contributed by atoms with E-state index < -0.39 is 10.0 Å². The number of nitrogens with zero attached hydrogens (tertiary/aromatic N) is 2. The van der Waals surface area contributed by atoms with Crippen LogP contribution in [0.1, 0.15) is 37.6 Å². The van der Waals surface area contributed by atoms with Gasteiger partial charge < -0.3 is 10.2 Å². The van der Waals surface area contributed by atoms with Crippen molar-refractivity contribution in [3.8, 4) is 0 Å². The van der Waals surface area contributed by atoms with Crippen molar-refractivity contribution in [2.45, 2.75) is 43.7 Å². The normalized spacial score (nSPS) is 17.5. The molecule has 1 aliphatic heterocycles. The number of likely N-dealkylation sites (tertiary alicyclic amines) is 1. The van der Waals surface area contributed by atoms with Gasteiger partial charge in [0.1, 0.15) is 0 Å². The average molecular weight is 422 g/mol. The predicted molar refractivity (Wildman–Crippen MR) is 113 cm³/mol. The first-order valence-electron chi connectivity index (χ1n) is 9.45. The number of hydrogen-bond acceptors (Lipinski definition) is 5. The Morgan fingerprint density at radius 3 is 2.61 bits per heavy atom. The molecule has 0 aliphatic carbocycles. The summed E-state index contributed by atoms with van der Waals surface area (Å²) in [5.74, 6) is 0.0622. The molecule has 0 spiro atoms. The fourth-order valence-corrected chi connectivity index (χ4v) is 5.55. The van der Waals surface area contributed by atoms with E-state index in [2.05, 4.69) is 11.4 Å². The lowest BCUT2D eigenvalue weighted by molar-refractivity contribution is -0.130. The quantitative estimate of drug-likeness (QED) is 0.742. The summed E-state index contributed by atoms with van der Waals surface area (Å²) < 4.78 is 26.4. The van der Waals surface area contributed by atoms with Crippen LogP contribution in [-0.4, -0.2) is 49.7 Å². The van der Waals surface area contributed by atoms with E-state index in [1.807, 2.05) is 30.2 Å². The standard InChI is InChI=1S/C20H27N3O3S2/c1-15(2)22(3)28(25,26)17-10-8-16(9-11-17)21-14-20(24)23-12-4-6-18(23)19-7-5-13-27-19/h5,7-11,13,15,18,21H,4,6,12,14H2,1-3H3. The van der Waals surface area contributed by atoms with E-state index in [0.29, 0.717) is 0 Å². The molecule has 0 bridgehead atoms. The van der Waals surface area contributed by atoms with Gasteiger partial charge in [0, 0.05) is 30.2 Å². The van der Waals surface area contributed by atoms with Crippen LogP contribution in [-0.2, 0) is 14.8 Å². The third kappa shape index (κ3) is 4.39. The summed E-state index contributed by atoms with van der Waals surface area (Å²) in [7, 11) is -1.93. The highest BCUT2D eigenvalue weighted by atomic mass is 32.2.